The molecular formula is C24H18ClF3N2O2. The molecule has 0 aliphatic heterocycles. The molecule has 2 heterocycles. The van der Waals surface area contributed by atoms with E-state index in [1.165, 1.54) is 6.07 Å². The lowest BCUT2D eigenvalue weighted by Gasteiger charge is -2.14. The normalized spacial score (nSPS) is 11.8. The molecule has 0 radical (unpaired) electrons. The van der Waals surface area contributed by atoms with Crippen molar-refractivity contribution in [2.45, 2.75) is 26.1 Å². The molecule has 1 N–H and O–H groups in total. The molecule has 0 aliphatic carbocycles. The van der Waals surface area contributed by atoms with Gasteiger partial charge in [-0.1, -0.05) is 29.8 Å². The summed E-state index contributed by atoms with van der Waals surface area (Å²) in [6.07, 6.45) is -3.04. The third-order valence-corrected chi connectivity index (χ3v) is 5.32. The van der Waals surface area contributed by atoms with Crippen LogP contribution in [-0.4, -0.2) is 22.4 Å². The highest BCUT2D eigenvalue weighted by Gasteiger charge is 2.31. The van der Waals surface area contributed by atoms with E-state index in [2.05, 4.69) is 9.97 Å². The average molecular weight is 459 g/mol. The monoisotopic (exact) mass is 458 g/mol. The number of halogens is 4. The zero-order chi connectivity index (χ0) is 23.0. The third-order valence-electron chi connectivity index (χ3n) is 4.93. The molecule has 0 amide bonds. The van der Waals surface area contributed by atoms with Gasteiger partial charge < -0.3 is 9.72 Å². The van der Waals surface area contributed by atoms with Crippen molar-refractivity contribution in [3.8, 4) is 28.1 Å². The SMILES string of the molecule is CC(C)Oc1ccc(-c2c(-c3ccc(C(F)(F)F)cn3)ccc3[nH]c(C=O)c(Cl)c23)cc1. The van der Waals surface area contributed by atoms with Crippen LogP contribution in [0.15, 0.2) is 54.7 Å². The summed E-state index contributed by atoms with van der Waals surface area (Å²) in [5, 5.41) is 0.826. The fourth-order valence-corrected chi connectivity index (χ4v) is 3.85. The van der Waals surface area contributed by atoms with Crippen LogP contribution in [0.2, 0.25) is 5.02 Å². The highest BCUT2D eigenvalue weighted by molar-refractivity contribution is 6.39. The zero-order valence-electron chi connectivity index (χ0n) is 17.1. The Morgan fingerprint density at radius 2 is 1.78 bits per heavy atom. The number of alkyl halides is 3. The Labute approximate surface area is 187 Å². The number of H-pyrrole nitrogens is 1. The molecule has 0 aliphatic rings. The lowest BCUT2D eigenvalue weighted by Crippen LogP contribution is -2.05. The first-order valence-electron chi connectivity index (χ1n) is 9.79. The van der Waals surface area contributed by atoms with Gasteiger partial charge in [0.05, 0.1) is 28.1 Å². The van der Waals surface area contributed by atoms with E-state index in [1.54, 1.807) is 24.3 Å². The molecular weight excluding hydrogens is 441 g/mol. The van der Waals surface area contributed by atoms with Gasteiger partial charge in [-0.15, -0.1) is 0 Å². The van der Waals surface area contributed by atoms with Gasteiger partial charge in [0.2, 0.25) is 0 Å². The first kappa shape index (κ1) is 21.9. The van der Waals surface area contributed by atoms with E-state index < -0.39 is 11.7 Å². The van der Waals surface area contributed by atoms with Gasteiger partial charge in [-0.05, 0) is 49.7 Å². The minimum atomic E-state index is -4.48. The molecule has 0 fully saturated rings. The van der Waals surface area contributed by atoms with E-state index in [1.807, 2.05) is 26.0 Å². The lowest BCUT2D eigenvalue weighted by molar-refractivity contribution is -0.137. The molecule has 164 valence electrons. The molecule has 0 unspecified atom stereocenters. The second-order valence-corrected chi connectivity index (χ2v) is 7.88. The van der Waals surface area contributed by atoms with Gasteiger partial charge in [-0.25, -0.2) is 0 Å². The Morgan fingerprint density at radius 1 is 1.06 bits per heavy atom. The number of pyridine rings is 1. The average Bonchev–Trinajstić information content (AvgIpc) is 3.08. The maximum atomic E-state index is 13.0. The standard InChI is InChI=1S/C24H18ClF3N2O2/c1-13(2)32-16-6-3-14(4-7-16)21-17(18-9-5-15(11-29-18)24(26,27)28)8-10-19-22(21)23(25)20(12-31)30-19/h3-13,30H,1-2H3. The third kappa shape index (κ3) is 4.08. The molecule has 0 saturated heterocycles. The van der Waals surface area contributed by atoms with Crippen LogP contribution in [0.1, 0.15) is 29.9 Å². The number of carbonyl (C=O) groups excluding carboxylic acids is 1. The lowest BCUT2D eigenvalue weighted by atomic mass is 9.93. The summed E-state index contributed by atoms with van der Waals surface area (Å²) in [5.74, 6) is 0.680. The number of nitrogens with one attached hydrogen (secondary N) is 1. The largest absolute Gasteiger partial charge is 0.491 e. The van der Waals surface area contributed by atoms with Gasteiger partial charge in [0.25, 0.3) is 0 Å². The summed E-state index contributed by atoms with van der Waals surface area (Å²) in [5.41, 5.74) is 2.36. The Kier molecular flexibility index (Phi) is 5.69. The number of fused-ring (bicyclic) bond motifs is 1. The van der Waals surface area contributed by atoms with Gasteiger partial charge in [0, 0.05) is 28.2 Å². The number of benzene rings is 2. The highest BCUT2D eigenvalue weighted by Crippen LogP contribution is 2.42. The van der Waals surface area contributed by atoms with E-state index >= 15 is 0 Å². The zero-order valence-corrected chi connectivity index (χ0v) is 17.9. The number of aromatic nitrogens is 2. The molecule has 2 aromatic heterocycles. The number of ether oxygens (including phenoxy) is 1. The molecule has 4 rings (SSSR count). The molecule has 4 aromatic rings. The summed E-state index contributed by atoms with van der Waals surface area (Å²) in [7, 11) is 0. The Balaban J connectivity index is 1.94. The number of aldehydes is 1. The van der Waals surface area contributed by atoms with E-state index in [4.69, 9.17) is 16.3 Å². The topological polar surface area (TPSA) is 55.0 Å². The molecule has 32 heavy (non-hydrogen) atoms. The minimum Gasteiger partial charge on any atom is -0.491 e. The summed E-state index contributed by atoms with van der Waals surface area (Å²) < 4.78 is 44.7. The summed E-state index contributed by atoms with van der Waals surface area (Å²) in [4.78, 5) is 18.5. The van der Waals surface area contributed by atoms with Crippen molar-refractivity contribution >= 4 is 28.8 Å². The van der Waals surface area contributed by atoms with Crippen molar-refractivity contribution < 1.29 is 22.7 Å². The fourth-order valence-electron chi connectivity index (χ4n) is 3.56. The first-order valence-corrected chi connectivity index (χ1v) is 10.2. The molecule has 0 spiro atoms. The van der Waals surface area contributed by atoms with Crippen LogP contribution in [0.5, 0.6) is 5.75 Å². The van der Waals surface area contributed by atoms with Gasteiger partial charge >= 0.3 is 6.18 Å². The van der Waals surface area contributed by atoms with Crippen molar-refractivity contribution in [2.24, 2.45) is 0 Å². The number of rotatable bonds is 5. The molecule has 4 nitrogen and oxygen atoms in total. The van der Waals surface area contributed by atoms with Crippen molar-refractivity contribution in [1.29, 1.82) is 0 Å². The van der Waals surface area contributed by atoms with Crippen LogP contribution in [-0.2, 0) is 6.18 Å². The van der Waals surface area contributed by atoms with Crippen molar-refractivity contribution in [3.05, 3.63) is 71.0 Å². The van der Waals surface area contributed by atoms with Gasteiger partial charge in [-0.2, -0.15) is 13.2 Å². The number of hydrogen-bond acceptors (Lipinski definition) is 3. The van der Waals surface area contributed by atoms with E-state index in [9.17, 15) is 18.0 Å². The van der Waals surface area contributed by atoms with E-state index in [0.29, 0.717) is 39.8 Å². The van der Waals surface area contributed by atoms with Gasteiger partial charge in [-0.3, -0.25) is 9.78 Å². The van der Waals surface area contributed by atoms with Crippen molar-refractivity contribution in [2.75, 3.05) is 0 Å². The Hall–Kier alpha value is -3.32. The molecule has 8 heteroatoms. The first-order chi connectivity index (χ1) is 15.2. The number of aromatic amines is 1. The smallest absolute Gasteiger partial charge is 0.417 e. The Morgan fingerprint density at radius 3 is 2.34 bits per heavy atom. The quantitative estimate of drug-likeness (QED) is 0.322. The molecule has 0 atom stereocenters. The second-order valence-electron chi connectivity index (χ2n) is 7.50. The number of hydrogen-bond donors (Lipinski definition) is 1. The number of carbonyl (C=O) groups is 1. The molecule has 2 aromatic carbocycles. The minimum absolute atomic E-state index is 0.00505. The van der Waals surface area contributed by atoms with Crippen molar-refractivity contribution in [3.63, 3.8) is 0 Å². The van der Waals surface area contributed by atoms with Gasteiger partial charge in [0.15, 0.2) is 6.29 Å². The van der Waals surface area contributed by atoms with E-state index in [0.717, 1.165) is 17.8 Å². The van der Waals surface area contributed by atoms with Crippen LogP contribution < -0.4 is 4.74 Å². The predicted molar refractivity (Wildman–Crippen MR) is 118 cm³/mol. The van der Waals surface area contributed by atoms with E-state index in [-0.39, 0.29) is 16.8 Å². The Bertz CT molecular complexity index is 1280. The van der Waals surface area contributed by atoms with Crippen LogP contribution >= 0.6 is 11.6 Å². The molecule has 0 bridgehead atoms. The maximum absolute atomic E-state index is 13.0. The fraction of sp³-hybridized carbons (Fsp3) is 0.167. The summed E-state index contributed by atoms with van der Waals surface area (Å²) in [6, 6.07) is 13.1. The molecule has 0 saturated carbocycles. The van der Waals surface area contributed by atoms with Crippen molar-refractivity contribution in [1.82, 2.24) is 9.97 Å². The summed E-state index contributed by atoms with van der Waals surface area (Å²) in [6.45, 7) is 3.84. The van der Waals surface area contributed by atoms with Crippen LogP contribution in [0, 0.1) is 0 Å². The second kappa shape index (κ2) is 8.31. The van der Waals surface area contributed by atoms with Crippen LogP contribution in [0.3, 0.4) is 0 Å². The van der Waals surface area contributed by atoms with Gasteiger partial charge in [0.1, 0.15) is 5.75 Å². The van der Waals surface area contributed by atoms with Crippen LogP contribution in [0.4, 0.5) is 13.2 Å². The summed E-state index contributed by atoms with van der Waals surface area (Å²) >= 11 is 6.50. The predicted octanol–water partition coefficient (Wildman–Crippen LogP) is 7.17. The maximum Gasteiger partial charge on any atom is 0.417 e. The highest BCUT2D eigenvalue weighted by atomic mass is 35.5. The number of nitrogens with zero attached hydrogens (tertiary/aromatic N) is 1. The van der Waals surface area contributed by atoms with Crippen LogP contribution in [0.25, 0.3) is 33.3 Å².